The quantitative estimate of drug-likeness (QED) is 0.862. The van der Waals surface area contributed by atoms with Gasteiger partial charge in [-0.25, -0.2) is 0 Å². The summed E-state index contributed by atoms with van der Waals surface area (Å²) in [7, 11) is 1.63. The van der Waals surface area contributed by atoms with Gasteiger partial charge in [0.2, 0.25) is 0 Å². The minimum Gasteiger partial charge on any atom is -0.497 e. The first-order chi connectivity index (χ1) is 12.8. The Balaban J connectivity index is 1.72. The molecule has 0 spiro atoms. The number of fused-ring (bicyclic) bond motifs is 1. The molecular weight excluding hydrogens is 342 g/mol. The molecule has 1 aliphatic rings. The maximum Gasteiger partial charge on any atom is 0.258 e. The van der Waals surface area contributed by atoms with Crippen LogP contribution < -0.4 is 19.5 Å². The molecule has 0 fully saturated rings. The van der Waals surface area contributed by atoms with Gasteiger partial charge < -0.3 is 19.5 Å². The van der Waals surface area contributed by atoms with E-state index in [2.05, 4.69) is 5.32 Å². The smallest absolute Gasteiger partial charge is 0.258 e. The summed E-state index contributed by atoms with van der Waals surface area (Å²) in [6, 6.07) is 11.5. The van der Waals surface area contributed by atoms with Gasteiger partial charge >= 0.3 is 0 Å². The Morgan fingerprint density at radius 1 is 1.22 bits per heavy atom. The van der Waals surface area contributed by atoms with E-state index in [-0.39, 0.29) is 24.2 Å². The van der Waals surface area contributed by atoms with E-state index in [9.17, 15) is 4.79 Å². The van der Waals surface area contributed by atoms with Crippen molar-refractivity contribution in [3.05, 3.63) is 53.1 Å². The summed E-state index contributed by atoms with van der Waals surface area (Å²) in [5, 5.41) is 3.09. The Hall–Kier alpha value is -2.69. The zero-order valence-corrected chi connectivity index (χ0v) is 16.6. The molecule has 3 rings (SSSR count). The monoisotopic (exact) mass is 369 g/mol. The summed E-state index contributed by atoms with van der Waals surface area (Å²) in [6.45, 7) is 7.98. The molecule has 0 saturated heterocycles. The lowest BCUT2D eigenvalue weighted by Gasteiger charge is -2.38. The molecule has 5 nitrogen and oxygen atoms in total. The number of benzene rings is 2. The highest BCUT2D eigenvalue weighted by atomic mass is 16.5. The lowest BCUT2D eigenvalue weighted by Crippen LogP contribution is -2.42. The summed E-state index contributed by atoms with van der Waals surface area (Å²) in [5.74, 6) is 2.09. The minimum absolute atomic E-state index is 0.0264. The van der Waals surface area contributed by atoms with Gasteiger partial charge in [0.25, 0.3) is 5.91 Å². The van der Waals surface area contributed by atoms with Crippen LogP contribution in [0.1, 0.15) is 43.0 Å². The largest absolute Gasteiger partial charge is 0.497 e. The standard InChI is InChI=1S/C22H27NO4/c1-14-6-7-15(2)20(10-14)26-13-21(24)23-18-12-22(3,4)27-19-9-8-16(25-5)11-17(18)19/h6-11,18H,12-13H2,1-5H3,(H,23,24)/t18-/m0/s1. The molecule has 0 saturated carbocycles. The lowest BCUT2D eigenvalue weighted by molar-refractivity contribution is -0.124. The van der Waals surface area contributed by atoms with Crippen molar-refractivity contribution in [1.29, 1.82) is 0 Å². The average Bonchev–Trinajstić information content (AvgIpc) is 2.61. The molecule has 0 aromatic heterocycles. The van der Waals surface area contributed by atoms with Crippen LogP contribution in [0, 0.1) is 13.8 Å². The number of methoxy groups -OCH3 is 1. The Kier molecular flexibility index (Phi) is 5.31. The molecule has 2 aromatic rings. The van der Waals surface area contributed by atoms with Crippen LogP contribution in [0.5, 0.6) is 17.2 Å². The summed E-state index contributed by atoms with van der Waals surface area (Å²) >= 11 is 0. The third-order valence-electron chi connectivity index (χ3n) is 4.71. The molecule has 0 aliphatic carbocycles. The fourth-order valence-corrected chi connectivity index (χ4v) is 3.33. The molecule has 1 amide bonds. The van der Waals surface area contributed by atoms with Crippen molar-refractivity contribution >= 4 is 5.91 Å². The molecule has 27 heavy (non-hydrogen) atoms. The zero-order valence-electron chi connectivity index (χ0n) is 16.6. The van der Waals surface area contributed by atoms with Crippen LogP contribution in [-0.4, -0.2) is 25.2 Å². The van der Waals surface area contributed by atoms with Gasteiger partial charge in [-0.1, -0.05) is 12.1 Å². The van der Waals surface area contributed by atoms with Gasteiger partial charge in [0.1, 0.15) is 22.8 Å². The fraction of sp³-hybridized carbons (Fsp3) is 0.409. The fourth-order valence-electron chi connectivity index (χ4n) is 3.33. The molecule has 1 heterocycles. The van der Waals surface area contributed by atoms with E-state index in [1.54, 1.807) is 7.11 Å². The summed E-state index contributed by atoms with van der Waals surface area (Å²) in [5.41, 5.74) is 2.67. The van der Waals surface area contributed by atoms with E-state index in [1.807, 2.05) is 64.1 Å². The van der Waals surface area contributed by atoms with E-state index >= 15 is 0 Å². The second-order valence-corrected chi connectivity index (χ2v) is 7.65. The average molecular weight is 369 g/mol. The molecule has 0 unspecified atom stereocenters. The van der Waals surface area contributed by atoms with Gasteiger partial charge in [0.15, 0.2) is 6.61 Å². The molecule has 144 valence electrons. The number of ether oxygens (including phenoxy) is 3. The molecule has 1 atom stereocenters. The van der Waals surface area contributed by atoms with Crippen LogP contribution in [0.25, 0.3) is 0 Å². The third kappa shape index (κ3) is 4.54. The van der Waals surface area contributed by atoms with E-state index < -0.39 is 0 Å². The minimum atomic E-state index is -0.368. The lowest BCUT2D eigenvalue weighted by atomic mass is 9.89. The molecule has 1 N–H and O–H groups in total. The molecular formula is C22H27NO4. The van der Waals surface area contributed by atoms with Crippen LogP contribution >= 0.6 is 0 Å². The first-order valence-corrected chi connectivity index (χ1v) is 9.14. The van der Waals surface area contributed by atoms with E-state index in [1.165, 1.54) is 0 Å². The molecule has 0 radical (unpaired) electrons. The van der Waals surface area contributed by atoms with E-state index in [0.29, 0.717) is 6.42 Å². The highest BCUT2D eigenvalue weighted by Crippen LogP contribution is 2.41. The number of nitrogens with one attached hydrogen (secondary N) is 1. The van der Waals surface area contributed by atoms with Gasteiger partial charge in [-0.05, 0) is 63.1 Å². The van der Waals surface area contributed by atoms with Crippen molar-refractivity contribution in [2.75, 3.05) is 13.7 Å². The van der Waals surface area contributed by atoms with Gasteiger partial charge in [0.05, 0.1) is 13.2 Å². The normalized spacial score (nSPS) is 17.4. The van der Waals surface area contributed by atoms with Crippen LogP contribution in [0.15, 0.2) is 36.4 Å². The number of aryl methyl sites for hydroxylation is 2. The number of rotatable bonds is 5. The van der Waals surface area contributed by atoms with Crippen molar-refractivity contribution in [2.24, 2.45) is 0 Å². The molecule has 2 aromatic carbocycles. The van der Waals surface area contributed by atoms with Crippen molar-refractivity contribution in [2.45, 2.75) is 45.8 Å². The van der Waals surface area contributed by atoms with Crippen molar-refractivity contribution in [3.8, 4) is 17.2 Å². The number of hydrogen-bond acceptors (Lipinski definition) is 4. The van der Waals surface area contributed by atoms with Crippen molar-refractivity contribution in [1.82, 2.24) is 5.32 Å². The number of amides is 1. The van der Waals surface area contributed by atoms with E-state index in [0.717, 1.165) is 33.9 Å². The molecule has 5 heteroatoms. The first-order valence-electron chi connectivity index (χ1n) is 9.14. The van der Waals surface area contributed by atoms with Gasteiger partial charge in [0, 0.05) is 12.0 Å². The molecule has 1 aliphatic heterocycles. The van der Waals surface area contributed by atoms with Gasteiger partial charge in [-0.15, -0.1) is 0 Å². The topological polar surface area (TPSA) is 56.8 Å². The zero-order chi connectivity index (χ0) is 19.6. The maximum absolute atomic E-state index is 12.5. The third-order valence-corrected chi connectivity index (χ3v) is 4.71. The maximum atomic E-state index is 12.5. The summed E-state index contributed by atoms with van der Waals surface area (Å²) in [6.07, 6.45) is 0.669. The second kappa shape index (κ2) is 7.51. The predicted molar refractivity (Wildman–Crippen MR) is 105 cm³/mol. The van der Waals surface area contributed by atoms with Crippen molar-refractivity contribution < 1.29 is 19.0 Å². The second-order valence-electron chi connectivity index (χ2n) is 7.65. The molecule has 0 bridgehead atoms. The number of hydrogen-bond donors (Lipinski definition) is 1. The van der Waals surface area contributed by atoms with Gasteiger partial charge in [-0.2, -0.15) is 0 Å². The van der Waals surface area contributed by atoms with E-state index in [4.69, 9.17) is 14.2 Å². The highest BCUT2D eigenvalue weighted by molar-refractivity contribution is 5.78. The van der Waals surface area contributed by atoms with Gasteiger partial charge in [-0.3, -0.25) is 4.79 Å². The summed E-state index contributed by atoms with van der Waals surface area (Å²) in [4.78, 5) is 12.5. The predicted octanol–water partition coefficient (Wildman–Crippen LogP) is 4.11. The number of carbonyl (C=O) groups excluding carboxylic acids is 1. The van der Waals surface area contributed by atoms with Crippen LogP contribution in [0.3, 0.4) is 0 Å². The Labute approximate surface area is 160 Å². The van der Waals surface area contributed by atoms with Crippen LogP contribution in [-0.2, 0) is 4.79 Å². The Bertz CT molecular complexity index is 844. The van der Waals surface area contributed by atoms with Crippen molar-refractivity contribution in [3.63, 3.8) is 0 Å². The summed E-state index contributed by atoms with van der Waals surface area (Å²) < 4.78 is 17.1. The Morgan fingerprint density at radius 2 is 2.00 bits per heavy atom. The Morgan fingerprint density at radius 3 is 2.74 bits per heavy atom. The van der Waals surface area contributed by atoms with Crippen LogP contribution in [0.2, 0.25) is 0 Å². The highest BCUT2D eigenvalue weighted by Gasteiger charge is 2.34. The van der Waals surface area contributed by atoms with Crippen LogP contribution in [0.4, 0.5) is 0 Å². The number of carbonyl (C=O) groups is 1. The SMILES string of the molecule is COc1ccc2c(c1)[C@@H](NC(=O)COc1cc(C)ccc1C)CC(C)(C)O2. The first kappa shape index (κ1) is 19.1.